The highest BCUT2D eigenvalue weighted by Crippen LogP contribution is 1.90. The summed E-state index contributed by atoms with van der Waals surface area (Å²) in [6.45, 7) is 0. The van der Waals surface area contributed by atoms with E-state index in [2.05, 4.69) is 14.7 Å². The van der Waals surface area contributed by atoms with Gasteiger partial charge >= 0.3 is 0 Å². The van der Waals surface area contributed by atoms with E-state index < -0.39 is 11.1 Å². The van der Waals surface area contributed by atoms with Gasteiger partial charge in [0.05, 0.1) is 5.75 Å². The number of aromatic nitrogens is 2. The fraction of sp³-hybridized carbons (Fsp3) is 0.333. The summed E-state index contributed by atoms with van der Waals surface area (Å²) in [4.78, 5) is 3.49. The fourth-order valence-electron chi connectivity index (χ4n) is 0.361. The molecule has 0 aliphatic heterocycles. The average molecular weight is 147 g/mol. The van der Waals surface area contributed by atoms with Crippen molar-refractivity contribution in [1.82, 2.24) is 10.1 Å². The van der Waals surface area contributed by atoms with E-state index in [9.17, 15) is 8.76 Å². The van der Waals surface area contributed by atoms with Crippen LogP contribution in [0.4, 0.5) is 0 Å². The molecule has 0 saturated carbocycles. The molecule has 0 amide bonds. The van der Waals surface area contributed by atoms with Crippen molar-refractivity contribution in [2.45, 2.75) is 5.75 Å². The number of nitrogens with zero attached hydrogens (tertiary/aromatic N) is 2. The van der Waals surface area contributed by atoms with Crippen molar-refractivity contribution in [1.29, 1.82) is 0 Å². The van der Waals surface area contributed by atoms with Crippen LogP contribution < -0.4 is 0 Å². The third-order valence-electron chi connectivity index (χ3n) is 0.654. The maximum Gasteiger partial charge on any atom is 0.213 e. The van der Waals surface area contributed by atoms with Gasteiger partial charge in [-0.15, -0.1) is 0 Å². The van der Waals surface area contributed by atoms with Gasteiger partial charge in [-0.25, -0.2) is 0 Å². The van der Waals surface area contributed by atoms with Crippen LogP contribution in [-0.2, 0) is 16.8 Å². The normalized spacial score (nSPS) is 13.4. The number of rotatable bonds is 2. The molecule has 0 spiro atoms. The highest BCUT2D eigenvalue weighted by atomic mass is 32.2. The standard InChI is InChI=1S/C3H4N2O3S/c6-9(7)1-3-4-2-8-5-3/h2H,1H2,(H,6,7)/p-1. The average Bonchev–Trinajstić information content (AvgIpc) is 2.15. The van der Waals surface area contributed by atoms with Gasteiger partial charge in [0.1, 0.15) is 0 Å². The highest BCUT2D eigenvalue weighted by Gasteiger charge is 1.95. The Balaban J connectivity index is 2.58. The minimum Gasteiger partial charge on any atom is -0.772 e. The Kier molecular flexibility index (Phi) is 1.91. The van der Waals surface area contributed by atoms with E-state index in [1.807, 2.05) is 0 Å². The Morgan fingerprint density at radius 1 is 1.89 bits per heavy atom. The summed E-state index contributed by atoms with van der Waals surface area (Å²) >= 11 is -2.13. The Morgan fingerprint density at radius 2 is 2.67 bits per heavy atom. The first kappa shape index (κ1) is 6.37. The molecular weight excluding hydrogens is 144 g/mol. The molecule has 1 unspecified atom stereocenters. The maximum absolute atomic E-state index is 9.94. The molecule has 5 nitrogen and oxygen atoms in total. The van der Waals surface area contributed by atoms with Crippen molar-refractivity contribution in [2.75, 3.05) is 0 Å². The van der Waals surface area contributed by atoms with Crippen LogP contribution in [0.15, 0.2) is 10.9 Å². The first-order valence-corrected chi connectivity index (χ1v) is 3.34. The van der Waals surface area contributed by atoms with Crippen LogP contribution in [0.3, 0.4) is 0 Å². The zero-order valence-electron chi connectivity index (χ0n) is 4.31. The Bertz CT molecular complexity index is 197. The van der Waals surface area contributed by atoms with Gasteiger partial charge in [0, 0.05) is 0 Å². The molecule has 1 aromatic heterocycles. The topological polar surface area (TPSA) is 79.0 Å². The van der Waals surface area contributed by atoms with Gasteiger partial charge in [0.2, 0.25) is 6.39 Å². The summed E-state index contributed by atoms with van der Waals surface area (Å²) in [5, 5.41) is 3.28. The molecule has 0 aliphatic rings. The SMILES string of the molecule is O=S([O-])Cc1ncon1. The summed E-state index contributed by atoms with van der Waals surface area (Å²) < 4.78 is 24.2. The van der Waals surface area contributed by atoms with Gasteiger partial charge in [-0.2, -0.15) is 4.98 Å². The van der Waals surface area contributed by atoms with Crippen molar-refractivity contribution in [2.24, 2.45) is 0 Å². The van der Waals surface area contributed by atoms with Crippen molar-refractivity contribution in [3.63, 3.8) is 0 Å². The highest BCUT2D eigenvalue weighted by molar-refractivity contribution is 7.78. The Morgan fingerprint density at radius 3 is 3.11 bits per heavy atom. The second kappa shape index (κ2) is 2.70. The molecular formula is C3H3N2O3S-. The summed E-state index contributed by atoms with van der Waals surface area (Å²) in [7, 11) is 0. The lowest BCUT2D eigenvalue weighted by molar-refractivity contribution is 0.411. The molecule has 0 bridgehead atoms. The van der Waals surface area contributed by atoms with Gasteiger partial charge in [-0.1, -0.05) is 5.16 Å². The fourth-order valence-corrected chi connectivity index (χ4v) is 0.699. The predicted molar refractivity (Wildman–Crippen MR) is 26.9 cm³/mol. The van der Waals surface area contributed by atoms with Gasteiger partial charge in [-0.05, 0) is 11.1 Å². The van der Waals surface area contributed by atoms with Crippen molar-refractivity contribution >= 4 is 11.1 Å². The minimum atomic E-state index is -2.13. The second-order valence-electron chi connectivity index (χ2n) is 1.30. The molecule has 6 heteroatoms. The van der Waals surface area contributed by atoms with Crippen molar-refractivity contribution in [3.8, 4) is 0 Å². The molecule has 50 valence electrons. The Labute approximate surface area is 53.4 Å². The van der Waals surface area contributed by atoms with Crippen LogP contribution in [0, 0.1) is 0 Å². The summed E-state index contributed by atoms with van der Waals surface area (Å²) in [5.41, 5.74) is 0. The van der Waals surface area contributed by atoms with E-state index in [-0.39, 0.29) is 11.6 Å². The van der Waals surface area contributed by atoms with E-state index in [1.54, 1.807) is 0 Å². The largest absolute Gasteiger partial charge is 0.772 e. The van der Waals surface area contributed by atoms with Gasteiger partial charge in [0.15, 0.2) is 5.82 Å². The van der Waals surface area contributed by atoms with Gasteiger partial charge in [0.25, 0.3) is 0 Å². The molecule has 1 aromatic rings. The molecule has 0 saturated heterocycles. The van der Waals surface area contributed by atoms with Crippen LogP contribution in [0.25, 0.3) is 0 Å². The van der Waals surface area contributed by atoms with E-state index in [1.165, 1.54) is 0 Å². The summed E-state index contributed by atoms with van der Waals surface area (Å²) in [6.07, 6.45) is 1.09. The third-order valence-corrected chi connectivity index (χ3v) is 1.15. The third kappa shape index (κ3) is 1.90. The molecule has 0 aromatic carbocycles. The zero-order valence-corrected chi connectivity index (χ0v) is 5.13. The Hall–Kier alpha value is -0.750. The summed E-state index contributed by atoms with van der Waals surface area (Å²) in [5.74, 6) is -0.000386. The first-order chi connectivity index (χ1) is 4.29. The van der Waals surface area contributed by atoms with E-state index in [0.717, 1.165) is 6.39 Å². The molecule has 0 aliphatic carbocycles. The molecule has 1 heterocycles. The van der Waals surface area contributed by atoms with Crippen LogP contribution in [-0.4, -0.2) is 18.9 Å². The number of hydrogen-bond acceptors (Lipinski definition) is 5. The van der Waals surface area contributed by atoms with Crippen LogP contribution >= 0.6 is 0 Å². The van der Waals surface area contributed by atoms with E-state index >= 15 is 0 Å². The van der Waals surface area contributed by atoms with Crippen molar-refractivity contribution < 1.29 is 13.3 Å². The molecule has 1 atom stereocenters. The molecule has 0 fully saturated rings. The molecule has 0 radical (unpaired) electrons. The molecule has 9 heavy (non-hydrogen) atoms. The van der Waals surface area contributed by atoms with Crippen LogP contribution in [0.2, 0.25) is 0 Å². The molecule has 1 rings (SSSR count). The lowest BCUT2D eigenvalue weighted by Gasteiger charge is -1.96. The monoisotopic (exact) mass is 147 g/mol. The first-order valence-electron chi connectivity index (χ1n) is 2.10. The predicted octanol–water partition coefficient (Wildman–Crippen LogP) is -0.551. The van der Waals surface area contributed by atoms with Gasteiger partial charge < -0.3 is 9.08 Å². The lowest BCUT2D eigenvalue weighted by Crippen LogP contribution is -1.94. The minimum absolute atomic E-state index is 0.184. The smallest absolute Gasteiger partial charge is 0.213 e. The van der Waals surface area contributed by atoms with Crippen LogP contribution in [0.5, 0.6) is 0 Å². The maximum atomic E-state index is 9.94. The summed E-state index contributed by atoms with van der Waals surface area (Å²) in [6, 6.07) is 0. The van der Waals surface area contributed by atoms with Gasteiger partial charge in [-0.3, -0.25) is 4.21 Å². The molecule has 0 N–H and O–H groups in total. The van der Waals surface area contributed by atoms with E-state index in [0.29, 0.717) is 0 Å². The number of hydrogen-bond donors (Lipinski definition) is 0. The van der Waals surface area contributed by atoms with Crippen LogP contribution in [0.1, 0.15) is 5.82 Å². The quantitative estimate of drug-likeness (QED) is 0.524. The second-order valence-corrected chi connectivity index (χ2v) is 2.19. The zero-order chi connectivity index (χ0) is 6.69. The lowest BCUT2D eigenvalue weighted by atomic mass is 10.7. The van der Waals surface area contributed by atoms with Crippen molar-refractivity contribution in [3.05, 3.63) is 12.2 Å². The van der Waals surface area contributed by atoms with E-state index in [4.69, 9.17) is 0 Å².